The van der Waals surface area contributed by atoms with Crippen molar-refractivity contribution in [3.05, 3.63) is 40.4 Å². The highest BCUT2D eigenvalue weighted by Gasteiger charge is 2.53. The van der Waals surface area contributed by atoms with E-state index in [-0.39, 0.29) is 12.1 Å². The average molecular weight is 370 g/mol. The van der Waals surface area contributed by atoms with Gasteiger partial charge in [0, 0.05) is 5.56 Å². The van der Waals surface area contributed by atoms with E-state index in [1.54, 1.807) is 27.7 Å². The van der Waals surface area contributed by atoms with Gasteiger partial charge in [-0.05, 0) is 39.8 Å². The second kappa shape index (κ2) is 6.01. The van der Waals surface area contributed by atoms with Crippen LogP contribution in [0.1, 0.15) is 38.8 Å². The van der Waals surface area contributed by atoms with Crippen LogP contribution >= 0.6 is 0 Å². The fourth-order valence-corrected chi connectivity index (χ4v) is 2.15. The standard InChI is InChI=1S/C15H14BF7O2/c1-13(2)14(3,4)25-16(24-13)10(18)5-7-8(15(21,22)23)6-9(17)12(20)11(7)19/h5-6H,1-4H3. The SMILES string of the molecule is CC1(C)OB(C(F)=Cc2c(C(F)(F)F)cc(F)c(F)c2F)OC1(C)C. The molecule has 1 heterocycles. The van der Waals surface area contributed by atoms with E-state index in [4.69, 9.17) is 9.31 Å². The summed E-state index contributed by atoms with van der Waals surface area (Å²) in [5.74, 6) is -6.32. The van der Waals surface area contributed by atoms with Gasteiger partial charge in [0.05, 0.1) is 16.8 Å². The molecule has 2 nitrogen and oxygen atoms in total. The van der Waals surface area contributed by atoms with E-state index in [2.05, 4.69) is 0 Å². The summed E-state index contributed by atoms with van der Waals surface area (Å²) in [5.41, 5.74) is -6.73. The number of hydrogen-bond donors (Lipinski definition) is 0. The predicted octanol–water partition coefficient (Wildman–Crippen LogP) is 5.06. The van der Waals surface area contributed by atoms with Gasteiger partial charge in [0.15, 0.2) is 17.5 Å². The maximum Gasteiger partial charge on any atom is 0.525 e. The summed E-state index contributed by atoms with van der Waals surface area (Å²) in [6.07, 6.45) is -5.12. The Labute approximate surface area is 139 Å². The molecule has 2 rings (SSSR count). The van der Waals surface area contributed by atoms with Crippen LogP contribution in [0.25, 0.3) is 6.08 Å². The van der Waals surface area contributed by atoms with Crippen molar-refractivity contribution >= 4 is 13.2 Å². The lowest BCUT2D eigenvalue weighted by Gasteiger charge is -2.32. The Kier molecular flexibility index (Phi) is 4.76. The molecule has 0 aromatic heterocycles. The van der Waals surface area contributed by atoms with Crippen molar-refractivity contribution in [3.63, 3.8) is 0 Å². The minimum absolute atomic E-state index is 0.100. The van der Waals surface area contributed by atoms with Crippen molar-refractivity contribution < 1.29 is 40.0 Å². The molecule has 138 valence electrons. The molecule has 25 heavy (non-hydrogen) atoms. The van der Waals surface area contributed by atoms with Crippen molar-refractivity contribution in [1.82, 2.24) is 0 Å². The van der Waals surface area contributed by atoms with Crippen molar-refractivity contribution in [2.45, 2.75) is 45.1 Å². The Morgan fingerprint density at radius 3 is 1.92 bits per heavy atom. The van der Waals surface area contributed by atoms with E-state index in [0.717, 1.165) is 0 Å². The first-order valence-corrected chi connectivity index (χ1v) is 7.15. The van der Waals surface area contributed by atoms with Crippen LogP contribution in [0.5, 0.6) is 0 Å². The molecule has 0 aliphatic carbocycles. The molecule has 1 saturated heterocycles. The maximum absolute atomic E-state index is 14.3. The van der Waals surface area contributed by atoms with Crippen LogP contribution in [-0.4, -0.2) is 18.3 Å². The minimum atomic E-state index is -5.22. The fraction of sp³-hybridized carbons (Fsp3) is 0.467. The van der Waals surface area contributed by atoms with Crippen LogP contribution in [0, 0.1) is 17.5 Å². The van der Waals surface area contributed by atoms with Crippen molar-refractivity contribution in [2.24, 2.45) is 0 Å². The van der Waals surface area contributed by atoms with Crippen LogP contribution in [-0.2, 0) is 15.5 Å². The van der Waals surface area contributed by atoms with Crippen LogP contribution in [0.3, 0.4) is 0 Å². The lowest BCUT2D eigenvalue weighted by Crippen LogP contribution is -2.41. The highest BCUT2D eigenvalue weighted by Crippen LogP contribution is 2.40. The molecular weight excluding hydrogens is 356 g/mol. The Hall–Kier alpha value is -1.55. The molecule has 0 spiro atoms. The van der Waals surface area contributed by atoms with Crippen LogP contribution in [0.4, 0.5) is 30.7 Å². The van der Waals surface area contributed by atoms with Gasteiger partial charge in [-0.15, -0.1) is 0 Å². The van der Waals surface area contributed by atoms with Crippen molar-refractivity contribution in [3.8, 4) is 0 Å². The zero-order valence-corrected chi connectivity index (χ0v) is 13.7. The molecule has 0 N–H and O–H groups in total. The molecule has 0 saturated carbocycles. The van der Waals surface area contributed by atoms with Gasteiger partial charge in [-0.25, -0.2) is 17.6 Å². The van der Waals surface area contributed by atoms with E-state index in [9.17, 15) is 30.7 Å². The molecule has 0 bridgehead atoms. The zero-order chi connectivity index (χ0) is 19.4. The lowest BCUT2D eigenvalue weighted by molar-refractivity contribution is -0.138. The topological polar surface area (TPSA) is 18.5 Å². The number of benzene rings is 1. The van der Waals surface area contributed by atoms with Crippen molar-refractivity contribution in [2.75, 3.05) is 0 Å². The van der Waals surface area contributed by atoms with Crippen LogP contribution in [0.15, 0.2) is 11.8 Å². The molecule has 1 fully saturated rings. The third-order valence-corrected chi connectivity index (χ3v) is 4.27. The maximum atomic E-state index is 14.3. The number of hydrogen-bond acceptors (Lipinski definition) is 2. The summed E-state index contributed by atoms with van der Waals surface area (Å²) in [5, 5.41) is 0. The minimum Gasteiger partial charge on any atom is -0.398 e. The smallest absolute Gasteiger partial charge is 0.398 e. The Bertz CT molecular complexity index is 710. The number of rotatable bonds is 2. The number of halogens is 7. The molecule has 1 aliphatic heterocycles. The van der Waals surface area contributed by atoms with E-state index in [1.165, 1.54) is 0 Å². The first-order chi connectivity index (χ1) is 11.2. The molecule has 1 aromatic carbocycles. The van der Waals surface area contributed by atoms with Crippen LogP contribution < -0.4 is 0 Å². The molecular formula is C15H14BF7O2. The third-order valence-electron chi connectivity index (χ3n) is 4.27. The predicted molar refractivity (Wildman–Crippen MR) is 76.5 cm³/mol. The second-order valence-electron chi connectivity index (χ2n) is 6.56. The summed E-state index contributed by atoms with van der Waals surface area (Å²) < 4.78 is 104. The molecule has 0 amide bonds. The summed E-state index contributed by atoms with van der Waals surface area (Å²) in [6.45, 7) is 6.28. The summed E-state index contributed by atoms with van der Waals surface area (Å²) in [6, 6.07) is -0.234. The van der Waals surface area contributed by atoms with E-state index in [0.29, 0.717) is 0 Å². The van der Waals surface area contributed by atoms with Gasteiger partial charge in [-0.1, -0.05) is 0 Å². The average Bonchev–Trinajstić information content (AvgIpc) is 2.66. The van der Waals surface area contributed by atoms with E-state index < -0.39 is 58.8 Å². The highest BCUT2D eigenvalue weighted by molar-refractivity contribution is 6.54. The monoisotopic (exact) mass is 370 g/mol. The first kappa shape index (κ1) is 19.8. The largest absolute Gasteiger partial charge is 0.525 e. The molecule has 10 heteroatoms. The molecule has 1 aromatic rings. The summed E-state index contributed by atoms with van der Waals surface area (Å²) in [7, 11) is -1.71. The molecule has 0 unspecified atom stereocenters. The summed E-state index contributed by atoms with van der Waals surface area (Å²) in [4.78, 5) is 0. The quantitative estimate of drug-likeness (QED) is 0.412. The molecule has 1 aliphatic rings. The Morgan fingerprint density at radius 2 is 1.48 bits per heavy atom. The first-order valence-electron chi connectivity index (χ1n) is 7.15. The third kappa shape index (κ3) is 3.55. The van der Waals surface area contributed by atoms with Crippen LogP contribution in [0.2, 0.25) is 0 Å². The van der Waals surface area contributed by atoms with E-state index >= 15 is 0 Å². The molecule has 0 atom stereocenters. The second-order valence-corrected chi connectivity index (χ2v) is 6.56. The van der Waals surface area contributed by atoms with Gasteiger partial charge in [0.1, 0.15) is 5.73 Å². The zero-order valence-electron chi connectivity index (χ0n) is 13.7. The van der Waals surface area contributed by atoms with Gasteiger partial charge < -0.3 is 9.31 Å². The Morgan fingerprint density at radius 1 is 1.00 bits per heavy atom. The van der Waals surface area contributed by atoms with Crippen molar-refractivity contribution in [1.29, 1.82) is 0 Å². The molecule has 0 radical (unpaired) electrons. The van der Waals surface area contributed by atoms with Gasteiger partial charge in [0.25, 0.3) is 0 Å². The highest BCUT2D eigenvalue weighted by atomic mass is 19.4. The van der Waals surface area contributed by atoms with E-state index in [1.807, 2.05) is 0 Å². The normalized spacial score (nSPS) is 20.3. The Balaban J connectivity index is 2.53. The summed E-state index contributed by atoms with van der Waals surface area (Å²) >= 11 is 0. The van der Waals surface area contributed by atoms with Gasteiger partial charge in [-0.2, -0.15) is 13.2 Å². The van der Waals surface area contributed by atoms with Gasteiger partial charge >= 0.3 is 13.3 Å². The lowest BCUT2D eigenvalue weighted by atomic mass is 9.86. The van der Waals surface area contributed by atoms with Gasteiger partial charge in [-0.3, -0.25) is 0 Å². The number of alkyl halides is 3. The van der Waals surface area contributed by atoms with Gasteiger partial charge in [0.2, 0.25) is 0 Å². The fourth-order valence-electron chi connectivity index (χ4n) is 2.15.